The Hall–Kier alpha value is -2.71. The predicted octanol–water partition coefficient (Wildman–Crippen LogP) is 4.60. The van der Waals surface area contributed by atoms with Crippen molar-refractivity contribution in [1.82, 2.24) is 14.9 Å². The summed E-state index contributed by atoms with van der Waals surface area (Å²) in [6, 6.07) is 8.16. The van der Waals surface area contributed by atoms with Gasteiger partial charge in [-0.3, -0.25) is 4.90 Å². The summed E-state index contributed by atoms with van der Waals surface area (Å²) in [4.78, 5) is 10.6. The molecule has 0 unspecified atom stereocenters. The van der Waals surface area contributed by atoms with Crippen LogP contribution in [0.1, 0.15) is 6.42 Å². The van der Waals surface area contributed by atoms with Crippen molar-refractivity contribution >= 4 is 34.0 Å². The molecule has 2 heterocycles. The van der Waals surface area contributed by atoms with Crippen LogP contribution in [0.4, 0.5) is 20.3 Å². The molecule has 1 aromatic heterocycles. The van der Waals surface area contributed by atoms with Crippen LogP contribution in [-0.4, -0.2) is 54.4 Å². The minimum Gasteiger partial charge on any atom is -0.497 e. The second-order valence-electron chi connectivity index (χ2n) is 7.05. The number of methoxy groups -OCH3 is 1. The van der Waals surface area contributed by atoms with E-state index in [-0.39, 0.29) is 5.02 Å². The molecule has 4 rings (SSSR count). The minimum absolute atomic E-state index is 0.0283. The van der Waals surface area contributed by atoms with Crippen LogP contribution in [0.2, 0.25) is 5.02 Å². The van der Waals surface area contributed by atoms with Gasteiger partial charge in [0, 0.05) is 37.2 Å². The number of benzene rings is 2. The molecular weight excluding hydrogens is 414 g/mol. The number of rotatable bonds is 8. The first kappa shape index (κ1) is 20.6. The second-order valence-corrected chi connectivity index (χ2v) is 7.46. The Balaban J connectivity index is 1.52. The Bertz CT molecular complexity index is 1050. The summed E-state index contributed by atoms with van der Waals surface area (Å²) in [5.41, 5.74) is 1.19. The number of nitrogens with one attached hydrogen (secondary N) is 1. The molecule has 30 heavy (non-hydrogen) atoms. The number of likely N-dealkylation sites (tertiary alicyclic amines) is 1. The molecule has 0 aliphatic carbocycles. The van der Waals surface area contributed by atoms with E-state index in [1.165, 1.54) is 18.5 Å². The molecule has 1 aliphatic rings. The lowest BCUT2D eigenvalue weighted by molar-refractivity contribution is 0.0612. The molecule has 0 radical (unpaired) electrons. The minimum atomic E-state index is -0.727. The van der Waals surface area contributed by atoms with Gasteiger partial charge in [0.05, 0.1) is 29.9 Å². The van der Waals surface area contributed by atoms with Crippen molar-refractivity contribution in [2.24, 2.45) is 0 Å². The number of hydrogen-bond donors (Lipinski definition) is 1. The van der Waals surface area contributed by atoms with E-state index in [4.69, 9.17) is 21.1 Å². The van der Waals surface area contributed by atoms with Crippen molar-refractivity contribution < 1.29 is 18.3 Å². The maximum absolute atomic E-state index is 14.0. The van der Waals surface area contributed by atoms with Crippen molar-refractivity contribution in [3.63, 3.8) is 0 Å². The highest BCUT2D eigenvalue weighted by Gasteiger charge is 2.25. The quantitative estimate of drug-likeness (QED) is 0.523. The number of fused-ring (bicyclic) bond motifs is 1. The molecule has 1 fully saturated rings. The molecule has 3 aromatic rings. The van der Waals surface area contributed by atoms with Gasteiger partial charge >= 0.3 is 0 Å². The van der Waals surface area contributed by atoms with Crippen molar-refractivity contribution in [2.45, 2.75) is 12.6 Å². The maximum atomic E-state index is 14.0. The molecular formula is C21H21ClF2N4O2. The number of aromatic nitrogens is 2. The van der Waals surface area contributed by atoms with Gasteiger partial charge in [-0.1, -0.05) is 11.6 Å². The van der Waals surface area contributed by atoms with E-state index in [1.54, 1.807) is 13.2 Å². The number of hydrogen-bond acceptors (Lipinski definition) is 6. The molecule has 0 bridgehead atoms. The van der Waals surface area contributed by atoms with Crippen LogP contribution in [0.15, 0.2) is 36.7 Å². The normalized spacial score (nSPS) is 14.5. The SMILES string of the molecule is COc1ccc2c(Nc3cc(Cl)c(F)cc3OCCCN3CC(F)C3)ncnc2c1. The summed E-state index contributed by atoms with van der Waals surface area (Å²) in [6.45, 7) is 2.03. The Morgan fingerprint density at radius 1 is 1.23 bits per heavy atom. The lowest BCUT2D eigenvalue weighted by Gasteiger charge is -2.34. The third kappa shape index (κ3) is 4.55. The van der Waals surface area contributed by atoms with E-state index < -0.39 is 12.0 Å². The topological polar surface area (TPSA) is 59.5 Å². The molecule has 158 valence electrons. The van der Waals surface area contributed by atoms with Crippen LogP contribution in [0, 0.1) is 5.82 Å². The van der Waals surface area contributed by atoms with Gasteiger partial charge in [0.2, 0.25) is 0 Å². The van der Waals surface area contributed by atoms with Crippen molar-refractivity contribution in [3.8, 4) is 11.5 Å². The van der Waals surface area contributed by atoms with E-state index in [9.17, 15) is 8.78 Å². The zero-order valence-corrected chi connectivity index (χ0v) is 17.1. The standard InChI is InChI=1S/C21H21ClF2N4O2/c1-29-14-3-4-15-18(7-14)25-12-26-21(15)27-19-8-16(22)17(24)9-20(19)30-6-2-5-28-10-13(23)11-28/h3-4,7-9,12-13H,2,5-6,10-11H2,1H3,(H,25,26,27). The van der Waals surface area contributed by atoms with Gasteiger partial charge in [-0.25, -0.2) is 18.7 Å². The van der Waals surface area contributed by atoms with Gasteiger partial charge in [0.1, 0.15) is 35.6 Å². The van der Waals surface area contributed by atoms with Crippen molar-refractivity contribution in [1.29, 1.82) is 0 Å². The molecule has 1 aliphatic heterocycles. The van der Waals surface area contributed by atoms with E-state index in [0.29, 0.717) is 54.6 Å². The lowest BCUT2D eigenvalue weighted by Crippen LogP contribution is -2.48. The second kappa shape index (κ2) is 8.97. The van der Waals surface area contributed by atoms with Crippen molar-refractivity contribution in [2.75, 3.05) is 38.7 Å². The molecule has 1 N–H and O–H groups in total. The third-order valence-corrected chi connectivity index (χ3v) is 5.20. The predicted molar refractivity (Wildman–Crippen MR) is 112 cm³/mol. The first-order valence-electron chi connectivity index (χ1n) is 9.57. The highest BCUT2D eigenvalue weighted by atomic mass is 35.5. The van der Waals surface area contributed by atoms with Crippen LogP contribution in [-0.2, 0) is 0 Å². The van der Waals surface area contributed by atoms with E-state index in [0.717, 1.165) is 11.9 Å². The number of anilines is 2. The lowest BCUT2D eigenvalue weighted by atomic mass is 10.2. The third-order valence-electron chi connectivity index (χ3n) is 4.91. The van der Waals surface area contributed by atoms with Crippen LogP contribution < -0.4 is 14.8 Å². The fourth-order valence-corrected chi connectivity index (χ4v) is 3.46. The highest BCUT2D eigenvalue weighted by molar-refractivity contribution is 6.31. The van der Waals surface area contributed by atoms with Gasteiger partial charge < -0.3 is 14.8 Å². The van der Waals surface area contributed by atoms with Crippen LogP contribution in [0.5, 0.6) is 11.5 Å². The number of ether oxygens (including phenoxy) is 2. The Morgan fingerprint density at radius 2 is 2.07 bits per heavy atom. The first-order valence-corrected chi connectivity index (χ1v) is 9.95. The molecule has 0 amide bonds. The number of nitrogens with zero attached hydrogens (tertiary/aromatic N) is 3. The van der Waals surface area contributed by atoms with E-state index >= 15 is 0 Å². The summed E-state index contributed by atoms with van der Waals surface area (Å²) in [5.74, 6) is 0.966. The molecule has 2 aromatic carbocycles. The van der Waals surface area contributed by atoms with E-state index in [2.05, 4.69) is 15.3 Å². The van der Waals surface area contributed by atoms with Gasteiger partial charge in [0.25, 0.3) is 0 Å². The number of halogens is 3. The summed E-state index contributed by atoms with van der Waals surface area (Å²) in [5, 5.41) is 3.91. The van der Waals surface area contributed by atoms with Gasteiger partial charge in [-0.05, 0) is 24.6 Å². The number of alkyl halides is 1. The average Bonchev–Trinajstić information content (AvgIpc) is 2.72. The Kier molecular flexibility index (Phi) is 6.15. The van der Waals surface area contributed by atoms with Gasteiger partial charge in [-0.15, -0.1) is 0 Å². The fourth-order valence-electron chi connectivity index (χ4n) is 3.30. The summed E-state index contributed by atoms with van der Waals surface area (Å²) in [7, 11) is 1.59. The fraction of sp³-hybridized carbons (Fsp3) is 0.333. The van der Waals surface area contributed by atoms with Crippen LogP contribution >= 0.6 is 11.6 Å². The van der Waals surface area contributed by atoms with Crippen LogP contribution in [0.25, 0.3) is 10.9 Å². The molecule has 9 heteroatoms. The van der Waals surface area contributed by atoms with Gasteiger partial charge in [0.15, 0.2) is 0 Å². The smallest absolute Gasteiger partial charge is 0.145 e. The molecule has 1 saturated heterocycles. The maximum Gasteiger partial charge on any atom is 0.145 e. The monoisotopic (exact) mass is 434 g/mol. The average molecular weight is 435 g/mol. The summed E-state index contributed by atoms with van der Waals surface area (Å²) < 4.78 is 38.0. The van der Waals surface area contributed by atoms with Crippen molar-refractivity contribution in [3.05, 3.63) is 47.5 Å². The Morgan fingerprint density at radius 3 is 2.83 bits per heavy atom. The molecule has 0 saturated carbocycles. The zero-order chi connectivity index (χ0) is 21.1. The molecule has 0 spiro atoms. The summed E-state index contributed by atoms with van der Waals surface area (Å²) in [6.07, 6.45) is 1.41. The zero-order valence-electron chi connectivity index (χ0n) is 16.4. The highest BCUT2D eigenvalue weighted by Crippen LogP contribution is 2.34. The van der Waals surface area contributed by atoms with Gasteiger partial charge in [-0.2, -0.15) is 0 Å². The Labute approximate surface area is 177 Å². The largest absolute Gasteiger partial charge is 0.497 e. The van der Waals surface area contributed by atoms with Crippen LogP contribution in [0.3, 0.4) is 0 Å². The molecule has 6 nitrogen and oxygen atoms in total. The first-order chi connectivity index (χ1) is 14.5. The summed E-state index contributed by atoms with van der Waals surface area (Å²) >= 11 is 5.99. The van der Waals surface area contributed by atoms with E-state index in [1.807, 2.05) is 17.0 Å². The molecule has 0 atom stereocenters.